The summed E-state index contributed by atoms with van der Waals surface area (Å²) >= 11 is 0. The summed E-state index contributed by atoms with van der Waals surface area (Å²) in [6.07, 6.45) is 3.35. The van der Waals surface area contributed by atoms with E-state index < -0.39 is 0 Å². The van der Waals surface area contributed by atoms with E-state index in [-0.39, 0.29) is 0 Å². The molecule has 0 aliphatic carbocycles. The molecule has 1 rings (SSSR count). The predicted molar refractivity (Wildman–Crippen MR) is 40.4 cm³/mol. The molecule has 0 aromatic carbocycles. The van der Waals surface area contributed by atoms with Crippen LogP contribution >= 0.6 is 0 Å². The summed E-state index contributed by atoms with van der Waals surface area (Å²) in [5.74, 6) is 0. The van der Waals surface area contributed by atoms with Crippen LogP contribution in [0.3, 0.4) is 0 Å². The maximum absolute atomic E-state index is 3.82. The molecule has 0 N–H and O–H groups in total. The lowest BCUT2D eigenvalue weighted by atomic mass is 9.90. The fraction of sp³-hybridized carbons (Fsp3) is 0.750. The van der Waals surface area contributed by atoms with Gasteiger partial charge < -0.3 is 4.90 Å². The molecule has 0 saturated carbocycles. The summed E-state index contributed by atoms with van der Waals surface area (Å²) < 4.78 is 0. The van der Waals surface area contributed by atoms with Gasteiger partial charge in [-0.05, 0) is 25.4 Å². The highest BCUT2D eigenvalue weighted by atomic mass is 15.1. The van der Waals surface area contributed by atoms with Gasteiger partial charge in [0.2, 0.25) is 0 Å². The van der Waals surface area contributed by atoms with Gasteiger partial charge in [0.25, 0.3) is 0 Å². The molecule has 0 aromatic rings. The van der Waals surface area contributed by atoms with Crippen LogP contribution in [0, 0.1) is 5.41 Å². The topological polar surface area (TPSA) is 3.24 Å². The average molecular weight is 125 g/mol. The molecular weight excluding hydrogens is 110 g/mol. The van der Waals surface area contributed by atoms with E-state index in [1.54, 1.807) is 0 Å². The minimum absolute atomic E-state index is 0.398. The van der Waals surface area contributed by atoms with E-state index in [4.69, 9.17) is 0 Å². The highest BCUT2D eigenvalue weighted by Crippen LogP contribution is 2.29. The lowest BCUT2D eigenvalue weighted by Crippen LogP contribution is -2.19. The zero-order valence-electron chi connectivity index (χ0n) is 6.35. The molecule has 0 aromatic heterocycles. The van der Waals surface area contributed by atoms with Crippen molar-refractivity contribution in [1.29, 1.82) is 0 Å². The molecule has 1 nitrogen and oxygen atoms in total. The molecular formula is C8H15N. The third-order valence-corrected chi connectivity index (χ3v) is 2.19. The van der Waals surface area contributed by atoms with Crippen molar-refractivity contribution < 1.29 is 0 Å². The first-order valence-corrected chi connectivity index (χ1v) is 3.48. The number of likely N-dealkylation sites (tertiary alicyclic amines) is 1. The Morgan fingerprint density at radius 1 is 1.67 bits per heavy atom. The van der Waals surface area contributed by atoms with E-state index in [1.807, 2.05) is 0 Å². The molecule has 52 valence electrons. The fourth-order valence-corrected chi connectivity index (χ4v) is 1.39. The quantitative estimate of drug-likeness (QED) is 0.480. The highest BCUT2D eigenvalue weighted by Gasteiger charge is 2.28. The predicted octanol–water partition coefficient (Wildman–Crippen LogP) is 1.51. The van der Waals surface area contributed by atoms with Crippen molar-refractivity contribution in [3.05, 3.63) is 12.7 Å². The zero-order chi connectivity index (χ0) is 6.91. The Morgan fingerprint density at radius 2 is 2.33 bits per heavy atom. The second-order valence-corrected chi connectivity index (χ2v) is 3.35. The molecule has 0 amide bonds. The van der Waals surface area contributed by atoms with E-state index >= 15 is 0 Å². The van der Waals surface area contributed by atoms with Crippen molar-refractivity contribution in [2.75, 3.05) is 20.1 Å². The number of hydrogen-bond acceptors (Lipinski definition) is 1. The molecule has 1 fully saturated rings. The Kier molecular flexibility index (Phi) is 1.62. The van der Waals surface area contributed by atoms with Crippen molar-refractivity contribution in [3.63, 3.8) is 0 Å². The Balaban J connectivity index is 2.54. The van der Waals surface area contributed by atoms with Gasteiger partial charge in [-0.25, -0.2) is 0 Å². The molecule has 1 unspecified atom stereocenters. The van der Waals surface area contributed by atoms with Gasteiger partial charge >= 0.3 is 0 Å². The molecule has 1 heterocycles. The van der Waals surface area contributed by atoms with Crippen molar-refractivity contribution in [3.8, 4) is 0 Å². The van der Waals surface area contributed by atoms with Gasteiger partial charge in [-0.2, -0.15) is 0 Å². The Morgan fingerprint density at radius 3 is 2.56 bits per heavy atom. The standard InChI is InChI=1S/C8H15N/c1-4-8(2)5-6-9(3)7-8/h4H,1,5-7H2,2-3H3. The van der Waals surface area contributed by atoms with Gasteiger partial charge in [-0.15, -0.1) is 6.58 Å². The molecule has 1 aliphatic rings. The molecule has 0 radical (unpaired) electrons. The summed E-state index contributed by atoms with van der Waals surface area (Å²) in [7, 11) is 2.16. The van der Waals surface area contributed by atoms with Gasteiger partial charge in [-0.1, -0.05) is 13.0 Å². The SMILES string of the molecule is C=CC1(C)CCN(C)C1. The van der Waals surface area contributed by atoms with Crippen molar-refractivity contribution in [2.24, 2.45) is 5.41 Å². The first-order chi connectivity index (χ1) is 4.16. The molecule has 1 aliphatic heterocycles. The normalized spacial score (nSPS) is 37.1. The Bertz CT molecular complexity index is 120. The van der Waals surface area contributed by atoms with Crippen LogP contribution in [0.1, 0.15) is 13.3 Å². The maximum atomic E-state index is 3.82. The zero-order valence-corrected chi connectivity index (χ0v) is 6.35. The van der Waals surface area contributed by atoms with E-state index in [0.29, 0.717) is 5.41 Å². The van der Waals surface area contributed by atoms with Crippen LogP contribution in [0.25, 0.3) is 0 Å². The van der Waals surface area contributed by atoms with E-state index in [0.717, 1.165) is 0 Å². The van der Waals surface area contributed by atoms with Crippen LogP contribution in [0.15, 0.2) is 12.7 Å². The average Bonchev–Trinajstić information content (AvgIpc) is 2.13. The molecule has 0 spiro atoms. The summed E-state index contributed by atoms with van der Waals surface area (Å²) in [5.41, 5.74) is 0.398. The molecule has 1 heteroatoms. The third kappa shape index (κ3) is 1.33. The minimum Gasteiger partial charge on any atom is -0.305 e. The Labute approximate surface area is 57.4 Å². The minimum atomic E-state index is 0.398. The van der Waals surface area contributed by atoms with E-state index in [2.05, 4.69) is 31.5 Å². The van der Waals surface area contributed by atoms with E-state index in [1.165, 1.54) is 19.5 Å². The number of rotatable bonds is 1. The summed E-state index contributed by atoms with van der Waals surface area (Å²) in [4.78, 5) is 2.35. The smallest absolute Gasteiger partial charge is 0.00673 e. The van der Waals surface area contributed by atoms with Gasteiger partial charge in [0.1, 0.15) is 0 Å². The lowest BCUT2D eigenvalue weighted by molar-refractivity contribution is 0.366. The van der Waals surface area contributed by atoms with Gasteiger partial charge in [0.05, 0.1) is 0 Å². The first-order valence-electron chi connectivity index (χ1n) is 3.48. The summed E-state index contributed by atoms with van der Waals surface area (Å²) in [6.45, 7) is 8.49. The van der Waals surface area contributed by atoms with Crippen LogP contribution in [0.2, 0.25) is 0 Å². The Hall–Kier alpha value is -0.300. The highest BCUT2D eigenvalue weighted by molar-refractivity contribution is 4.97. The van der Waals surface area contributed by atoms with Crippen LogP contribution in [-0.2, 0) is 0 Å². The van der Waals surface area contributed by atoms with Crippen molar-refractivity contribution in [1.82, 2.24) is 4.90 Å². The van der Waals surface area contributed by atoms with Crippen LogP contribution in [0.5, 0.6) is 0 Å². The van der Waals surface area contributed by atoms with Crippen LogP contribution in [-0.4, -0.2) is 25.0 Å². The van der Waals surface area contributed by atoms with Crippen LogP contribution < -0.4 is 0 Å². The first kappa shape index (κ1) is 6.81. The van der Waals surface area contributed by atoms with Crippen molar-refractivity contribution >= 4 is 0 Å². The molecule has 0 bridgehead atoms. The van der Waals surface area contributed by atoms with Gasteiger partial charge in [0.15, 0.2) is 0 Å². The fourth-order valence-electron chi connectivity index (χ4n) is 1.39. The molecule has 1 saturated heterocycles. The molecule has 1 atom stereocenters. The third-order valence-electron chi connectivity index (χ3n) is 2.19. The van der Waals surface area contributed by atoms with Gasteiger partial charge in [-0.3, -0.25) is 0 Å². The largest absolute Gasteiger partial charge is 0.305 e. The van der Waals surface area contributed by atoms with Crippen molar-refractivity contribution in [2.45, 2.75) is 13.3 Å². The lowest BCUT2D eigenvalue weighted by Gasteiger charge is -2.17. The number of nitrogens with zero attached hydrogens (tertiary/aromatic N) is 1. The monoisotopic (exact) mass is 125 g/mol. The van der Waals surface area contributed by atoms with E-state index in [9.17, 15) is 0 Å². The summed E-state index contributed by atoms with van der Waals surface area (Å²) in [5, 5.41) is 0. The second kappa shape index (κ2) is 2.14. The van der Waals surface area contributed by atoms with Crippen LogP contribution in [0.4, 0.5) is 0 Å². The van der Waals surface area contributed by atoms with Gasteiger partial charge in [0, 0.05) is 6.54 Å². The molecule has 9 heavy (non-hydrogen) atoms. The second-order valence-electron chi connectivity index (χ2n) is 3.35. The number of hydrogen-bond donors (Lipinski definition) is 0. The maximum Gasteiger partial charge on any atom is 0.00673 e. The summed E-state index contributed by atoms with van der Waals surface area (Å²) in [6, 6.07) is 0.